The molecule has 0 spiro atoms. The van der Waals surface area contributed by atoms with Crippen molar-refractivity contribution < 1.29 is 36.9 Å². The second-order valence-electron chi connectivity index (χ2n) is 5.45. The minimum Gasteiger partial charge on any atom is -0.479 e. The van der Waals surface area contributed by atoms with Gasteiger partial charge in [-0.15, -0.1) is 0 Å². The largest absolute Gasteiger partial charge is 0.479 e. The number of fused-ring (bicyclic) bond motifs is 1. The Hall–Kier alpha value is -1.67. The zero-order chi connectivity index (χ0) is 16.2. The van der Waals surface area contributed by atoms with Crippen LogP contribution in [0.25, 0.3) is 0 Å². The average Bonchev–Trinajstić information content (AvgIpc) is 2.95. The van der Waals surface area contributed by atoms with E-state index in [1.54, 1.807) is 0 Å². The van der Waals surface area contributed by atoms with Gasteiger partial charge in [0.1, 0.15) is 6.61 Å². The molecule has 0 bridgehead atoms. The quantitative estimate of drug-likeness (QED) is 0.849. The Bertz CT molecular complexity index is 634. The van der Waals surface area contributed by atoms with Crippen LogP contribution in [-0.4, -0.2) is 41.9 Å². The van der Waals surface area contributed by atoms with E-state index in [0.29, 0.717) is 0 Å². The first kappa shape index (κ1) is 15.2. The van der Waals surface area contributed by atoms with Crippen molar-refractivity contribution in [3.05, 3.63) is 34.9 Å². The SMILES string of the molecule is Cc1c([C@@H]2[C@@H]3OCC(F)(F)[C@@H]3O[C@H]2C(=O)O)ccc(F)c1F. The summed E-state index contributed by atoms with van der Waals surface area (Å²) in [5.74, 6) is -8.15. The maximum absolute atomic E-state index is 13.7. The molecule has 1 N–H and O–H groups in total. The first-order chi connectivity index (χ1) is 10.2. The Labute approximate surface area is 122 Å². The number of benzene rings is 1. The minimum absolute atomic E-state index is 0.0940. The summed E-state index contributed by atoms with van der Waals surface area (Å²) >= 11 is 0. The van der Waals surface area contributed by atoms with E-state index in [9.17, 15) is 27.5 Å². The predicted octanol–water partition coefficient (Wildman–Crippen LogP) is 2.24. The highest BCUT2D eigenvalue weighted by atomic mass is 19.3. The van der Waals surface area contributed by atoms with Crippen LogP contribution in [0.4, 0.5) is 17.6 Å². The van der Waals surface area contributed by atoms with Crippen molar-refractivity contribution in [1.82, 2.24) is 0 Å². The van der Waals surface area contributed by atoms with E-state index in [1.165, 1.54) is 13.0 Å². The lowest BCUT2D eigenvalue weighted by molar-refractivity contribution is -0.160. The molecule has 2 heterocycles. The Balaban J connectivity index is 2.07. The van der Waals surface area contributed by atoms with Gasteiger partial charge in [-0.2, -0.15) is 0 Å². The molecule has 8 heteroatoms. The number of rotatable bonds is 2. The van der Waals surface area contributed by atoms with Crippen LogP contribution in [0, 0.1) is 18.6 Å². The molecule has 1 aromatic rings. The van der Waals surface area contributed by atoms with Crippen LogP contribution in [-0.2, 0) is 14.3 Å². The molecule has 0 aromatic heterocycles. The van der Waals surface area contributed by atoms with Gasteiger partial charge in [0, 0.05) is 0 Å². The number of carboxylic acids is 1. The first-order valence-electron chi connectivity index (χ1n) is 6.56. The number of carbonyl (C=O) groups is 1. The number of halogens is 4. The third-order valence-corrected chi connectivity index (χ3v) is 4.14. The predicted molar refractivity (Wildman–Crippen MR) is 64.8 cm³/mol. The second kappa shape index (κ2) is 4.92. The van der Waals surface area contributed by atoms with Crippen molar-refractivity contribution in [3.8, 4) is 0 Å². The molecule has 2 aliphatic rings. The van der Waals surface area contributed by atoms with Crippen LogP contribution in [0.2, 0.25) is 0 Å². The molecule has 0 amide bonds. The van der Waals surface area contributed by atoms with Gasteiger partial charge in [-0.3, -0.25) is 0 Å². The summed E-state index contributed by atoms with van der Waals surface area (Å²) in [5.41, 5.74) is -0.0455. The van der Waals surface area contributed by atoms with E-state index in [2.05, 4.69) is 0 Å². The van der Waals surface area contributed by atoms with Crippen LogP contribution in [0.15, 0.2) is 12.1 Å². The highest BCUT2D eigenvalue weighted by molar-refractivity contribution is 5.75. The van der Waals surface area contributed by atoms with Crippen molar-refractivity contribution in [3.63, 3.8) is 0 Å². The molecular formula is C14H12F4O4. The third-order valence-electron chi connectivity index (χ3n) is 4.14. The normalized spacial score (nSPS) is 33.0. The Morgan fingerprint density at radius 2 is 2.05 bits per heavy atom. The van der Waals surface area contributed by atoms with Gasteiger partial charge in [0.2, 0.25) is 0 Å². The zero-order valence-electron chi connectivity index (χ0n) is 11.4. The molecule has 0 aliphatic carbocycles. The van der Waals surface area contributed by atoms with E-state index in [0.717, 1.165) is 6.07 Å². The Kier molecular flexibility index (Phi) is 3.41. The molecule has 4 atom stereocenters. The van der Waals surface area contributed by atoms with E-state index >= 15 is 0 Å². The topological polar surface area (TPSA) is 55.8 Å². The van der Waals surface area contributed by atoms with Crippen LogP contribution in [0.3, 0.4) is 0 Å². The van der Waals surface area contributed by atoms with Crippen molar-refractivity contribution in [2.75, 3.05) is 6.61 Å². The molecule has 1 aromatic carbocycles. The summed E-state index contributed by atoms with van der Waals surface area (Å²) in [6.45, 7) is 0.362. The summed E-state index contributed by atoms with van der Waals surface area (Å²) in [6.07, 6.45) is -4.55. The zero-order valence-corrected chi connectivity index (χ0v) is 11.4. The van der Waals surface area contributed by atoms with E-state index in [1.807, 2.05) is 0 Å². The number of carboxylic acid groups (broad SMARTS) is 1. The number of hydrogen-bond donors (Lipinski definition) is 1. The van der Waals surface area contributed by atoms with Gasteiger partial charge in [0.15, 0.2) is 23.8 Å². The van der Waals surface area contributed by atoms with Crippen LogP contribution >= 0.6 is 0 Å². The van der Waals surface area contributed by atoms with Crippen molar-refractivity contribution in [1.29, 1.82) is 0 Å². The molecule has 0 saturated carbocycles. The van der Waals surface area contributed by atoms with Gasteiger partial charge in [-0.25, -0.2) is 22.4 Å². The van der Waals surface area contributed by atoms with E-state index in [-0.39, 0.29) is 11.1 Å². The molecule has 4 nitrogen and oxygen atoms in total. The molecule has 2 saturated heterocycles. The molecule has 0 unspecified atom stereocenters. The fraction of sp³-hybridized carbons (Fsp3) is 0.500. The minimum atomic E-state index is -3.32. The summed E-state index contributed by atoms with van der Waals surface area (Å²) in [7, 11) is 0. The van der Waals surface area contributed by atoms with Crippen molar-refractivity contribution in [2.24, 2.45) is 0 Å². The van der Waals surface area contributed by atoms with E-state index in [4.69, 9.17) is 9.47 Å². The smallest absolute Gasteiger partial charge is 0.333 e. The summed E-state index contributed by atoms with van der Waals surface area (Å²) in [4.78, 5) is 11.3. The maximum atomic E-state index is 13.7. The third kappa shape index (κ3) is 2.09. The lowest BCUT2D eigenvalue weighted by Crippen LogP contribution is -2.35. The van der Waals surface area contributed by atoms with Gasteiger partial charge in [-0.1, -0.05) is 6.07 Å². The summed E-state index contributed by atoms with van der Waals surface area (Å²) in [5, 5.41) is 9.19. The molecular weight excluding hydrogens is 308 g/mol. The van der Waals surface area contributed by atoms with Gasteiger partial charge >= 0.3 is 5.97 Å². The van der Waals surface area contributed by atoms with E-state index < -0.39 is 54.4 Å². The lowest BCUT2D eigenvalue weighted by Gasteiger charge is -2.21. The standard InChI is InChI=1S/C14H12F4O4/c1-5-6(2-3-7(15)9(5)16)8-10-12(14(17,18)4-21-10)22-11(8)13(19)20/h2-3,8,10-12H,4H2,1H3,(H,19,20)/t8-,10+,11-,12-/m1/s1. The molecule has 2 aliphatic heterocycles. The number of hydrogen-bond acceptors (Lipinski definition) is 3. The average molecular weight is 320 g/mol. The van der Waals surface area contributed by atoms with Gasteiger partial charge in [-0.05, 0) is 24.1 Å². The van der Waals surface area contributed by atoms with Crippen molar-refractivity contribution in [2.45, 2.75) is 37.1 Å². The van der Waals surface area contributed by atoms with Crippen LogP contribution in [0.5, 0.6) is 0 Å². The van der Waals surface area contributed by atoms with Crippen LogP contribution < -0.4 is 0 Å². The maximum Gasteiger partial charge on any atom is 0.333 e. The first-order valence-corrected chi connectivity index (χ1v) is 6.56. The molecule has 120 valence electrons. The van der Waals surface area contributed by atoms with Gasteiger partial charge in [0.25, 0.3) is 5.92 Å². The lowest BCUT2D eigenvalue weighted by atomic mass is 9.85. The molecule has 2 fully saturated rings. The van der Waals surface area contributed by atoms with Gasteiger partial charge in [0.05, 0.1) is 12.0 Å². The Morgan fingerprint density at radius 1 is 1.36 bits per heavy atom. The van der Waals surface area contributed by atoms with Crippen LogP contribution in [0.1, 0.15) is 17.0 Å². The Morgan fingerprint density at radius 3 is 2.68 bits per heavy atom. The highest BCUT2D eigenvalue weighted by Gasteiger charge is 2.63. The number of aliphatic carboxylic acids is 1. The second-order valence-corrected chi connectivity index (χ2v) is 5.45. The fourth-order valence-corrected chi connectivity index (χ4v) is 3.08. The monoisotopic (exact) mass is 320 g/mol. The molecule has 22 heavy (non-hydrogen) atoms. The summed E-state index contributed by atoms with van der Waals surface area (Å²) < 4.78 is 64.3. The summed E-state index contributed by atoms with van der Waals surface area (Å²) in [6, 6.07) is 2.01. The van der Waals surface area contributed by atoms with Gasteiger partial charge < -0.3 is 14.6 Å². The fourth-order valence-electron chi connectivity index (χ4n) is 3.08. The van der Waals surface area contributed by atoms with Crippen molar-refractivity contribution >= 4 is 5.97 Å². The molecule has 3 rings (SSSR count). The number of ether oxygens (including phenoxy) is 2. The highest BCUT2D eigenvalue weighted by Crippen LogP contribution is 2.48. The molecule has 0 radical (unpaired) electrons. The number of alkyl halides is 2.